The summed E-state index contributed by atoms with van der Waals surface area (Å²) in [6.45, 7) is 2.10. The molecular weight excluding hydrogens is 346 g/mol. The van der Waals surface area contributed by atoms with Crippen molar-refractivity contribution in [2.45, 2.75) is 6.92 Å². The number of aromatic nitrogens is 1. The molecule has 2 heterocycles. The number of nitrogens with zero attached hydrogens (tertiary/aromatic N) is 1. The van der Waals surface area contributed by atoms with Gasteiger partial charge in [-0.2, -0.15) is 0 Å². The molecule has 2 aromatic carbocycles. The summed E-state index contributed by atoms with van der Waals surface area (Å²) in [4.78, 5) is 24.7. The average Bonchev–Trinajstić information content (AvgIpc) is 3.37. The summed E-state index contributed by atoms with van der Waals surface area (Å²) >= 11 is 0. The highest BCUT2D eigenvalue weighted by Crippen LogP contribution is 2.32. The fourth-order valence-electron chi connectivity index (χ4n) is 2.82. The molecule has 2 amide bonds. The molecule has 136 valence electrons. The van der Waals surface area contributed by atoms with E-state index < -0.39 is 11.8 Å². The number of aryl methyl sites for hydroxylation is 1. The Morgan fingerprint density at radius 1 is 0.889 bits per heavy atom. The first-order valence-corrected chi connectivity index (χ1v) is 8.36. The zero-order chi connectivity index (χ0) is 18.8. The number of carbonyl (C=O) groups is 2. The second-order valence-electron chi connectivity index (χ2n) is 6.07. The monoisotopic (exact) mass is 363 g/mol. The molecule has 1 aliphatic rings. The van der Waals surface area contributed by atoms with E-state index in [0.29, 0.717) is 22.6 Å². The van der Waals surface area contributed by atoms with E-state index in [1.165, 1.54) is 0 Å². The molecule has 7 heteroatoms. The molecule has 27 heavy (non-hydrogen) atoms. The highest BCUT2D eigenvalue weighted by Gasteiger charge is 2.17. The second kappa shape index (κ2) is 6.87. The highest BCUT2D eigenvalue weighted by atomic mass is 16.7. The molecule has 0 unspecified atom stereocenters. The molecule has 2 N–H and O–H groups in total. The van der Waals surface area contributed by atoms with E-state index in [0.717, 1.165) is 11.3 Å². The largest absolute Gasteiger partial charge is 0.454 e. The molecular formula is C20H17N3O4. The van der Waals surface area contributed by atoms with Crippen LogP contribution in [0.1, 0.15) is 26.3 Å². The van der Waals surface area contributed by atoms with Gasteiger partial charge in [-0.3, -0.25) is 20.4 Å². The normalized spacial score (nSPS) is 11.9. The maximum Gasteiger partial charge on any atom is 0.269 e. The van der Waals surface area contributed by atoms with Crippen LogP contribution in [0.3, 0.4) is 0 Å². The summed E-state index contributed by atoms with van der Waals surface area (Å²) in [5, 5.41) is 0. The Hall–Kier alpha value is -3.74. The Morgan fingerprint density at radius 2 is 1.52 bits per heavy atom. The van der Waals surface area contributed by atoms with Crippen LogP contribution < -0.4 is 20.3 Å². The summed E-state index contributed by atoms with van der Waals surface area (Å²) < 4.78 is 12.4. The first-order chi connectivity index (χ1) is 13.1. The van der Waals surface area contributed by atoms with Crippen LogP contribution in [0, 0.1) is 6.92 Å². The van der Waals surface area contributed by atoms with Crippen LogP contribution in [0.2, 0.25) is 0 Å². The molecule has 4 rings (SSSR count). The van der Waals surface area contributed by atoms with Crippen LogP contribution >= 0.6 is 0 Å². The molecule has 0 atom stereocenters. The van der Waals surface area contributed by atoms with Gasteiger partial charge in [-0.05, 0) is 55.0 Å². The molecule has 0 bridgehead atoms. The van der Waals surface area contributed by atoms with Gasteiger partial charge < -0.3 is 14.0 Å². The number of fused-ring (bicyclic) bond motifs is 1. The third kappa shape index (κ3) is 3.35. The summed E-state index contributed by atoms with van der Waals surface area (Å²) in [5.41, 5.74) is 7.58. The number of hydrogen-bond acceptors (Lipinski definition) is 4. The predicted octanol–water partition coefficient (Wildman–Crippen LogP) is 2.59. The van der Waals surface area contributed by atoms with Gasteiger partial charge in [0, 0.05) is 29.2 Å². The van der Waals surface area contributed by atoms with Gasteiger partial charge in [-0.15, -0.1) is 0 Å². The van der Waals surface area contributed by atoms with Crippen LogP contribution in [-0.4, -0.2) is 23.2 Å². The van der Waals surface area contributed by atoms with Crippen molar-refractivity contribution in [2.75, 3.05) is 6.79 Å². The smallest absolute Gasteiger partial charge is 0.269 e. The zero-order valence-electron chi connectivity index (χ0n) is 14.6. The van der Waals surface area contributed by atoms with E-state index in [-0.39, 0.29) is 6.79 Å². The Morgan fingerprint density at radius 3 is 2.26 bits per heavy atom. The van der Waals surface area contributed by atoms with E-state index in [9.17, 15) is 9.59 Å². The number of hydrazine groups is 1. The number of ether oxygens (including phenoxy) is 2. The van der Waals surface area contributed by atoms with Crippen molar-refractivity contribution in [3.05, 3.63) is 77.6 Å². The van der Waals surface area contributed by atoms with Gasteiger partial charge >= 0.3 is 0 Å². The first kappa shape index (κ1) is 16.7. The summed E-state index contributed by atoms with van der Waals surface area (Å²) in [5.74, 6) is 0.244. The summed E-state index contributed by atoms with van der Waals surface area (Å²) in [6.07, 6.45) is 3.82. The molecule has 0 radical (unpaired) electrons. The number of hydrogen-bond donors (Lipinski definition) is 2. The van der Waals surface area contributed by atoms with Crippen molar-refractivity contribution >= 4 is 11.8 Å². The maximum absolute atomic E-state index is 12.4. The van der Waals surface area contributed by atoms with E-state index in [1.54, 1.807) is 30.3 Å². The van der Waals surface area contributed by atoms with Crippen LogP contribution in [0.15, 0.2) is 60.9 Å². The molecule has 1 aliphatic heterocycles. The van der Waals surface area contributed by atoms with E-state index in [4.69, 9.17) is 9.47 Å². The number of amides is 2. The van der Waals surface area contributed by atoms with Crippen molar-refractivity contribution in [2.24, 2.45) is 0 Å². The Kier molecular flexibility index (Phi) is 4.25. The minimum atomic E-state index is -0.445. The number of benzene rings is 2. The lowest BCUT2D eigenvalue weighted by atomic mass is 10.1. The lowest BCUT2D eigenvalue weighted by Crippen LogP contribution is -2.41. The number of rotatable bonds is 3. The van der Waals surface area contributed by atoms with Gasteiger partial charge in [0.15, 0.2) is 11.5 Å². The molecule has 0 saturated carbocycles. The Balaban J connectivity index is 1.45. The standard InChI is InChI=1S/C20H17N3O4/c1-13-4-5-14(10-16(13)23-8-2-3-9-23)19(24)21-22-20(25)15-6-7-17-18(11-15)27-12-26-17/h2-11H,12H2,1H3,(H,21,24)(H,22,25). The average molecular weight is 363 g/mol. The zero-order valence-corrected chi connectivity index (χ0v) is 14.6. The van der Waals surface area contributed by atoms with Gasteiger partial charge in [0.2, 0.25) is 6.79 Å². The molecule has 7 nitrogen and oxygen atoms in total. The van der Waals surface area contributed by atoms with Crippen molar-refractivity contribution in [1.29, 1.82) is 0 Å². The minimum absolute atomic E-state index is 0.133. The van der Waals surface area contributed by atoms with Gasteiger partial charge in [-0.25, -0.2) is 0 Å². The fraction of sp³-hybridized carbons (Fsp3) is 0.100. The molecule has 0 spiro atoms. The van der Waals surface area contributed by atoms with Gasteiger partial charge in [-0.1, -0.05) is 6.07 Å². The molecule has 0 saturated heterocycles. The summed E-state index contributed by atoms with van der Waals surface area (Å²) in [6, 6.07) is 14.0. The van der Waals surface area contributed by atoms with Crippen molar-refractivity contribution in [1.82, 2.24) is 15.4 Å². The number of carbonyl (C=O) groups excluding carboxylic acids is 2. The van der Waals surface area contributed by atoms with Crippen LogP contribution in [-0.2, 0) is 0 Å². The summed E-state index contributed by atoms with van der Waals surface area (Å²) in [7, 11) is 0. The topological polar surface area (TPSA) is 81.6 Å². The molecule has 1 aromatic heterocycles. The highest BCUT2D eigenvalue weighted by molar-refractivity contribution is 5.99. The van der Waals surface area contributed by atoms with E-state index in [2.05, 4.69) is 10.9 Å². The first-order valence-electron chi connectivity index (χ1n) is 8.36. The lowest BCUT2D eigenvalue weighted by Gasteiger charge is -2.11. The predicted molar refractivity (Wildman–Crippen MR) is 98.0 cm³/mol. The maximum atomic E-state index is 12.4. The van der Waals surface area contributed by atoms with Crippen molar-refractivity contribution in [3.63, 3.8) is 0 Å². The van der Waals surface area contributed by atoms with Crippen LogP contribution in [0.4, 0.5) is 0 Å². The van der Waals surface area contributed by atoms with Crippen LogP contribution in [0.5, 0.6) is 11.5 Å². The van der Waals surface area contributed by atoms with Gasteiger partial charge in [0.05, 0.1) is 0 Å². The SMILES string of the molecule is Cc1ccc(C(=O)NNC(=O)c2ccc3c(c2)OCO3)cc1-n1cccc1. The second-order valence-corrected chi connectivity index (χ2v) is 6.07. The van der Waals surface area contributed by atoms with E-state index in [1.807, 2.05) is 42.1 Å². The lowest BCUT2D eigenvalue weighted by molar-refractivity contribution is 0.0846. The van der Waals surface area contributed by atoms with Crippen molar-refractivity contribution < 1.29 is 19.1 Å². The molecule has 0 fully saturated rings. The third-order valence-corrected chi connectivity index (χ3v) is 4.28. The fourth-order valence-corrected chi connectivity index (χ4v) is 2.82. The Labute approximate surface area is 155 Å². The van der Waals surface area contributed by atoms with Gasteiger partial charge in [0.1, 0.15) is 0 Å². The molecule has 0 aliphatic carbocycles. The minimum Gasteiger partial charge on any atom is -0.454 e. The third-order valence-electron chi connectivity index (χ3n) is 4.28. The van der Waals surface area contributed by atoms with Gasteiger partial charge in [0.25, 0.3) is 11.8 Å². The van der Waals surface area contributed by atoms with E-state index >= 15 is 0 Å². The van der Waals surface area contributed by atoms with Crippen LogP contribution in [0.25, 0.3) is 5.69 Å². The van der Waals surface area contributed by atoms with Crippen molar-refractivity contribution in [3.8, 4) is 17.2 Å². The quantitative estimate of drug-likeness (QED) is 0.701. The Bertz CT molecular complexity index is 1010. The molecule has 3 aromatic rings. The number of nitrogens with one attached hydrogen (secondary N) is 2.